The Hall–Kier alpha value is -3.25. The predicted octanol–water partition coefficient (Wildman–Crippen LogP) is 6.13. The van der Waals surface area contributed by atoms with Crippen LogP contribution in [0.5, 0.6) is 5.75 Å². The third-order valence-electron chi connectivity index (χ3n) is 5.67. The first-order valence-corrected chi connectivity index (χ1v) is 11.8. The zero-order chi connectivity index (χ0) is 23.7. The molecular weight excluding hydrogens is 432 g/mol. The van der Waals surface area contributed by atoms with Gasteiger partial charge in [0.2, 0.25) is 0 Å². The molecule has 170 valence electrons. The first kappa shape index (κ1) is 22.9. The van der Waals surface area contributed by atoms with E-state index in [0.717, 1.165) is 45.7 Å². The highest BCUT2D eigenvalue weighted by atomic mass is 32.2. The Morgan fingerprint density at radius 3 is 2.33 bits per heavy atom. The van der Waals surface area contributed by atoms with E-state index in [2.05, 4.69) is 49.6 Å². The average molecular weight is 461 g/mol. The maximum absolute atomic E-state index is 12.9. The fourth-order valence-corrected chi connectivity index (χ4v) is 5.06. The van der Waals surface area contributed by atoms with Crippen molar-refractivity contribution in [2.75, 3.05) is 13.2 Å². The summed E-state index contributed by atoms with van der Waals surface area (Å²) in [6.07, 6.45) is 1.83. The van der Waals surface area contributed by atoms with Crippen LogP contribution in [0.1, 0.15) is 33.6 Å². The van der Waals surface area contributed by atoms with Crippen molar-refractivity contribution in [2.24, 2.45) is 0 Å². The van der Waals surface area contributed by atoms with Crippen LogP contribution < -0.4 is 4.74 Å². The second-order valence-corrected chi connectivity index (χ2v) is 9.50. The van der Waals surface area contributed by atoms with Crippen LogP contribution in [-0.4, -0.2) is 33.8 Å². The van der Waals surface area contributed by atoms with Crippen molar-refractivity contribution < 1.29 is 14.3 Å². The summed E-state index contributed by atoms with van der Waals surface area (Å²) < 4.78 is 7.91. The molecule has 1 saturated heterocycles. The maximum atomic E-state index is 12.9. The Bertz CT molecular complexity index is 1250. The summed E-state index contributed by atoms with van der Waals surface area (Å²) in [6, 6.07) is 16.2. The van der Waals surface area contributed by atoms with Crippen LogP contribution in [-0.2, 0) is 4.79 Å². The standard InChI is InChI=1S/C27H28N2O3S/c1-17-7-6-8-24(14-17)32-10-9-28-26(30)25(33-27(28)31)16-22-15-20(4)29(21(22)5)23-12-18(2)11-19(3)13-23/h6-8,11-16H,9-10H2,1-5H3/b25-16-. The van der Waals surface area contributed by atoms with Crippen molar-refractivity contribution in [3.05, 3.63) is 87.1 Å². The Morgan fingerprint density at radius 1 is 0.909 bits per heavy atom. The molecule has 2 amide bonds. The molecular formula is C27H28N2O3S. The molecule has 3 aromatic rings. The van der Waals surface area contributed by atoms with Gasteiger partial charge in [-0.25, -0.2) is 0 Å². The first-order valence-electron chi connectivity index (χ1n) is 11.0. The van der Waals surface area contributed by atoms with Crippen molar-refractivity contribution in [2.45, 2.75) is 34.6 Å². The van der Waals surface area contributed by atoms with E-state index in [4.69, 9.17) is 4.74 Å². The number of ether oxygens (including phenoxy) is 1. The SMILES string of the molecule is Cc1cccc(OCCN2C(=O)S/C(=C\c3cc(C)n(-c4cc(C)cc(C)c4)c3C)C2=O)c1. The van der Waals surface area contributed by atoms with E-state index in [1.54, 1.807) is 0 Å². The number of hydrogen-bond donors (Lipinski definition) is 0. The van der Waals surface area contributed by atoms with Crippen LogP contribution in [0.2, 0.25) is 0 Å². The minimum atomic E-state index is -0.269. The molecule has 0 saturated carbocycles. The van der Waals surface area contributed by atoms with Gasteiger partial charge in [-0.05, 0) is 105 Å². The van der Waals surface area contributed by atoms with Crippen LogP contribution in [0.15, 0.2) is 53.4 Å². The second-order valence-electron chi connectivity index (χ2n) is 8.51. The van der Waals surface area contributed by atoms with Crippen LogP contribution in [0.4, 0.5) is 4.79 Å². The maximum Gasteiger partial charge on any atom is 0.293 e. The quantitative estimate of drug-likeness (QED) is 0.415. The van der Waals surface area contributed by atoms with E-state index < -0.39 is 0 Å². The molecule has 2 aromatic carbocycles. The van der Waals surface area contributed by atoms with Gasteiger partial charge in [-0.3, -0.25) is 14.5 Å². The summed E-state index contributed by atoms with van der Waals surface area (Å²) >= 11 is 0.984. The Morgan fingerprint density at radius 2 is 1.64 bits per heavy atom. The zero-order valence-corrected chi connectivity index (χ0v) is 20.5. The molecule has 0 bridgehead atoms. The number of amides is 2. The summed E-state index contributed by atoms with van der Waals surface area (Å²) in [4.78, 5) is 27.1. The molecule has 33 heavy (non-hydrogen) atoms. The van der Waals surface area contributed by atoms with Crippen LogP contribution in [0, 0.1) is 34.6 Å². The number of nitrogens with zero attached hydrogens (tertiary/aromatic N) is 2. The lowest BCUT2D eigenvalue weighted by molar-refractivity contribution is -0.123. The van der Waals surface area contributed by atoms with Crippen LogP contribution in [0.3, 0.4) is 0 Å². The molecule has 1 aliphatic rings. The lowest BCUT2D eigenvalue weighted by atomic mass is 10.1. The zero-order valence-electron chi connectivity index (χ0n) is 19.6. The predicted molar refractivity (Wildman–Crippen MR) is 134 cm³/mol. The minimum absolute atomic E-state index is 0.220. The van der Waals surface area contributed by atoms with Gasteiger partial charge in [0.1, 0.15) is 12.4 Å². The van der Waals surface area contributed by atoms with Gasteiger partial charge in [0, 0.05) is 17.1 Å². The topological polar surface area (TPSA) is 51.5 Å². The number of hydrogen-bond acceptors (Lipinski definition) is 4. The van der Waals surface area contributed by atoms with E-state index in [0.29, 0.717) is 4.91 Å². The van der Waals surface area contributed by atoms with Crippen LogP contribution in [0.25, 0.3) is 11.8 Å². The molecule has 1 aliphatic heterocycles. The third-order valence-corrected chi connectivity index (χ3v) is 6.58. The Labute approximate surface area is 199 Å². The molecule has 0 aliphatic carbocycles. The van der Waals surface area contributed by atoms with Crippen molar-refractivity contribution >= 4 is 29.0 Å². The number of thioether (sulfide) groups is 1. The molecule has 5 nitrogen and oxygen atoms in total. The molecule has 1 aromatic heterocycles. The monoisotopic (exact) mass is 460 g/mol. The number of rotatable bonds is 6. The summed E-state index contributed by atoms with van der Waals surface area (Å²) in [5.74, 6) is 0.463. The summed E-state index contributed by atoms with van der Waals surface area (Å²) in [5.41, 5.74) is 7.65. The van der Waals surface area contributed by atoms with Gasteiger partial charge in [-0.1, -0.05) is 18.2 Å². The third kappa shape index (κ3) is 4.91. The molecule has 0 N–H and O–H groups in total. The van der Waals surface area contributed by atoms with E-state index in [9.17, 15) is 9.59 Å². The molecule has 6 heteroatoms. The van der Waals surface area contributed by atoms with Crippen molar-refractivity contribution in [1.82, 2.24) is 9.47 Å². The number of carbonyl (C=O) groups is 2. The molecule has 4 rings (SSSR count). The van der Waals surface area contributed by atoms with Crippen molar-refractivity contribution in [1.29, 1.82) is 0 Å². The fraction of sp³-hybridized carbons (Fsp3) is 0.259. The molecule has 1 fully saturated rings. The van der Waals surface area contributed by atoms with E-state index in [1.807, 2.05) is 44.2 Å². The smallest absolute Gasteiger partial charge is 0.293 e. The molecule has 0 radical (unpaired) electrons. The van der Waals surface area contributed by atoms with Crippen molar-refractivity contribution in [3.63, 3.8) is 0 Å². The number of aromatic nitrogens is 1. The summed E-state index contributed by atoms with van der Waals surface area (Å²) in [7, 11) is 0. The Balaban J connectivity index is 1.51. The van der Waals surface area contributed by atoms with Gasteiger partial charge in [-0.2, -0.15) is 0 Å². The van der Waals surface area contributed by atoms with Gasteiger partial charge in [0.15, 0.2) is 0 Å². The highest BCUT2D eigenvalue weighted by molar-refractivity contribution is 8.18. The number of benzene rings is 2. The Kier molecular flexibility index (Phi) is 6.47. The largest absolute Gasteiger partial charge is 0.492 e. The fourth-order valence-electron chi connectivity index (χ4n) is 4.20. The minimum Gasteiger partial charge on any atom is -0.492 e. The molecule has 0 spiro atoms. The summed E-state index contributed by atoms with van der Waals surface area (Å²) in [6.45, 7) is 10.7. The molecule has 0 atom stereocenters. The van der Waals surface area contributed by atoms with Crippen molar-refractivity contribution in [3.8, 4) is 11.4 Å². The van der Waals surface area contributed by atoms with Gasteiger partial charge < -0.3 is 9.30 Å². The lowest BCUT2D eigenvalue weighted by Crippen LogP contribution is -2.32. The number of aryl methyl sites for hydroxylation is 4. The van der Waals surface area contributed by atoms with Gasteiger partial charge in [0.05, 0.1) is 11.4 Å². The highest BCUT2D eigenvalue weighted by Crippen LogP contribution is 2.34. The second kappa shape index (κ2) is 9.32. The van der Waals surface area contributed by atoms with E-state index in [-0.39, 0.29) is 24.3 Å². The number of imide groups is 1. The lowest BCUT2D eigenvalue weighted by Gasteiger charge is -2.13. The first-order chi connectivity index (χ1) is 15.7. The van der Waals surface area contributed by atoms with E-state index >= 15 is 0 Å². The summed E-state index contributed by atoms with van der Waals surface area (Å²) in [5, 5.41) is -0.262. The van der Waals surface area contributed by atoms with Gasteiger partial charge in [0.25, 0.3) is 11.1 Å². The normalized spacial score (nSPS) is 15.1. The van der Waals surface area contributed by atoms with Gasteiger partial charge >= 0.3 is 0 Å². The highest BCUT2D eigenvalue weighted by Gasteiger charge is 2.35. The van der Waals surface area contributed by atoms with Gasteiger partial charge in [-0.15, -0.1) is 0 Å². The molecule has 2 heterocycles. The van der Waals surface area contributed by atoms with Crippen LogP contribution >= 0.6 is 11.8 Å². The molecule has 0 unspecified atom stereocenters. The van der Waals surface area contributed by atoms with E-state index in [1.165, 1.54) is 16.0 Å². The number of carbonyl (C=O) groups excluding carboxylic acids is 2. The average Bonchev–Trinajstić information content (AvgIpc) is 3.16.